The molecule has 90 valence electrons. The van der Waals surface area contributed by atoms with E-state index in [1.807, 2.05) is 0 Å². The lowest BCUT2D eigenvalue weighted by atomic mass is 10.2. The number of ether oxygens (including phenoxy) is 1. The third kappa shape index (κ3) is 3.94. The molecular weight excluding hydrogens is 226 g/mol. The van der Waals surface area contributed by atoms with Gasteiger partial charge in [-0.2, -0.15) is 0 Å². The smallest absolute Gasteiger partial charge is 0.337 e. The number of hydrogen-bond donors (Lipinski definition) is 2. The fraction of sp³-hybridized carbons (Fsp3) is 0.182. The number of aliphatic carboxylic acids is 1. The zero-order valence-electron chi connectivity index (χ0n) is 9.10. The largest absolute Gasteiger partial charge is 0.481 e. The summed E-state index contributed by atoms with van der Waals surface area (Å²) < 4.78 is 4.52. The number of carboxylic acid groups (broad SMARTS) is 1. The number of carboxylic acids is 1. The Labute approximate surface area is 97.2 Å². The zero-order chi connectivity index (χ0) is 12.8. The van der Waals surface area contributed by atoms with Gasteiger partial charge in [-0.15, -0.1) is 0 Å². The minimum Gasteiger partial charge on any atom is -0.481 e. The molecule has 0 bridgehead atoms. The first-order valence-electron chi connectivity index (χ1n) is 4.73. The van der Waals surface area contributed by atoms with Crippen LogP contribution in [0.4, 0.5) is 5.69 Å². The number of carbonyl (C=O) groups excluding carboxylic acids is 2. The molecule has 1 amide bonds. The van der Waals surface area contributed by atoms with Crippen LogP contribution in [-0.2, 0) is 14.3 Å². The lowest BCUT2D eigenvalue weighted by Gasteiger charge is -2.05. The second-order valence-corrected chi connectivity index (χ2v) is 3.19. The number of esters is 1. The van der Waals surface area contributed by atoms with E-state index in [9.17, 15) is 14.4 Å². The van der Waals surface area contributed by atoms with E-state index in [0.29, 0.717) is 5.69 Å². The Kier molecular flexibility index (Phi) is 4.21. The van der Waals surface area contributed by atoms with E-state index in [1.54, 1.807) is 12.1 Å². The molecule has 6 nitrogen and oxygen atoms in total. The van der Waals surface area contributed by atoms with Crippen molar-refractivity contribution in [2.45, 2.75) is 6.42 Å². The lowest BCUT2D eigenvalue weighted by molar-refractivity contribution is -0.139. The van der Waals surface area contributed by atoms with E-state index < -0.39 is 24.3 Å². The van der Waals surface area contributed by atoms with Crippen LogP contribution in [-0.4, -0.2) is 30.1 Å². The summed E-state index contributed by atoms with van der Waals surface area (Å²) in [6.45, 7) is 0. The van der Waals surface area contributed by atoms with Gasteiger partial charge in [-0.1, -0.05) is 6.07 Å². The molecule has 0 saturated carbocycles. The van der Waals surface area contributed by atoms with Gasteiger partial charge in [0.05, 0.1) is 12.7 Å². The average Bonchev–Trinajstić information content (AvgIpc) is 2.27. The van der Waals surface area contributed by atoms with E-state index in [1.165, 1.54) is 19.2 Å². The minimum atomic E-state index is -1.22. The molecule has 6 heteroatoms. The molecule has 1 rings (SSSR count). The molecule has 0 saturated heterocycles. The van der Waals surface area contributed by atoms with Crippen LogP contribution in [0.2, 0.25) is 0 Å². The first-order chi connectivity index (χ1) is 8.02. The molecule has 0 heterocycles. The lowest BCUT2D eigenvalue weighted by Crippen LogP contribution is -2.16. The molecule has 0 aliphatic heterocycles. The molecule has 0 aliphatic rings. The van der Waals surface area contributed by atoms with Crippen molar-refractivity contribution in [2.24, 2.45) is 0 Å². The van der Waals surface area contributed by atoms with E-state index in [4.69, 9.17) is 5.11 Å². The molecule has 0 spiro atoms. The topological polar surface area (TPSA) is 92.7 Å². The van der Waals surface area contributed by atoms with Crippen LogP contribution in [0.3, 0.4) is 0 Å². The number of benzene rings is 1. The number of hydrogen-bond acceptors (Lipinski definition) is 4. The quantitative estimate of drug-likeness (QED) is 0.599. The maximum absolute atomic E-state index is 11.2. The number of methoxy groups -OCH3 is 1. The van der Waals surface area contributed by atoms with Crippen LogP contribution in [0.1, 0.15) is 16.8 Å². The third-order valence-corrected chi connectivity index (χ3v) is 1.88. The summed E-state index contributed by atoms with van der Waals surface area (Å²) >= 11 is 0. The van der Waals surface area contributed by atoms with Crippen molar-refractivity contribution in [1.82, 2.24) is 0 Å². The van der Waals surface area contributed by atoms with Gasteiger partial charge in [0.25, 0.3) is 0 Å². The van der Waals surface area contributed by atoms with E-state index >= 15 is 0 Å². The Morgan fingerprint density at radius 1 is 1.35 bits per heavy atom. The summed E-state index contributed by atoms with van der Waals surface area (Å²) in [5.74, 6) is -2.40. The highest BCUT2D eigenvalue weighted by Crippen LogP contribution is 2.11. The fourth-order valence-corrected chi connectivity index (χ4v) is 1.18. The summed E-state index contributed by atoms with van der Waals surface area (Å²) in [5.41, 5.74) is 0.625. The van der Waals surface area contributed by atoms with Crippen molar-refractivity contribution in [1.29, 1.82) is 0 Å². The highest BCUT2D eigenvalue weighted by atomic mass is 16.5. The Morgan fingerprint density at radius 2 is 2.06 bits per heavy atom. The molecule has 0 unspecified atom stereocenters. The van der Waals surface area contributed by atoms with Gasteiger partial charge in [-0.05, 0) is 18.2 Å². The van der Waals surface area contributed by atoms with Crippen molar-refractivity contribution < 1.29 is 24.2 Å². The Bertz CT molecular complexity index is 455. The van der Waals surface area contributed by atoms with Gasteiger partial charge in [-0.3, -0.25) is 9.59 Å². The summed E-state index contributed by atoms with van der Waals surface area (Å²) in [7, 11) is 1.25. The monoisotopic (exact) mass is 237 g/mol. The summed E-state index contributed by atoms with van der Waals surface area (Å²) in [4.78, 5) is 32.7. The van der Waals surface area contributed by atoms with E-state index in [-0.39, 0.29) is 5.56 Å². The number of carbonyl (C=O) groups is 3. The van der Waals surface area contributed by atoms with Crippen molar-refractivity contribution in [3.8, 4) is 0 Å². The van der Waals surface area contributed by atoms with Crippen molar-refractivity contribution >= 4 is 23.5 Å². The van der Waals surface area contributed by atoms with Crippen LogP contribution >= 0.6 is 0 Å². The van der Waals surface area contributed by atoms with Crippen LogP contribution in [0.5, 0.6) is 0 Å². The summed E-state index contributed by atoms with van der Waals surface area (Å²) in [6.07, 6.45) is -0.623. The molecule has 0 aliphatic carbocycles. The highest BCUT2D eigenvalue weighted by Gasteiger charge is 2.10. The third-order valence-electron chi connectivity index (χ3n) is 1.88. The van der Waals surface area contributed by atoms with Crippen LogP contribution in [0, 0.1) is 0 Å². The van der Waals surface area contributed by atoms with E-state index in [2.05, 4.69) is 10.1 Å². The van der Waals surface area contributed by atoms with Gasteiger partial charge in [0.2, 0.25) is 5.91 Å². The number of nitrogens with one attached hydrogen (secondary N) is 1. The van der Waals surface area contributed by atoms with Gasteiger partial charge >= 0.3 is 11.9 Å². The van der Waals surface area contributed by atoms with Crippen LogP contribution in [0.15, 0.2) is 24.3 Å². The number of anilines is 1. The fourth-order valence-electron chi connectivity index (χ4n) is 1.18. The number of amides is 1. The van der Waals surface area contributed by atoms with Gasteiger partial charge in [0.15, 0.2) is 0 Å². The summed E-state index contributed by atoms with van der Waals surface area (Å²) in [6, 6.07) is 6.04. The Hall–Kier alpha value is -2.37. The molecule has 0 atom stereocenters. The first kappa shape index (κ1) is 12.7. The van der Waals surface area contributed by atoms with E-state index in [0.717, 1.165) is 0 Å². The van der Waals surface area contributed by atoms with Gasteiger partial charge in [0, 0.05) is 5.69 Å². The van der Waals surface area contributed by atoms with Crippen molar-refractivity contribution in [3.05, 3.63) is 29.8 Å². The normalized spacial score (nSPS) is 9.47. The molecule has 2 N–H and O–H groups in total. The average molecular weight is 237 g/mol. The van der Waals surface area contributed by atoms with Crippen LogP contribution in [0.25, 0.3) is 0 Å². The maximum Gasteiger partial charge on any atom is 0.337 e. The summed E-state index contributed by atoms with van der Waals surface area (Å²) in [5, 5.41) is 10.8. The zero-order valence-corrected chi connectivity index (χ0v) is 9.10. The second-order valence-electron chi connectivity index (χ2n) is 3.19. The standard InChI is InChI=1S/C11H11NO5/c1-17-11(16)7-3-2-4-8(5-7)12-9(13)6-10(14)15/h2-5H,6H2,1H3,(H,12,13)(H,14,15). The maximum atomic E-state index is 11.2. The molecule has 1 aromatic rings. The van der Waals surface area contributed by atoms with Crippen molar-refractivity contribution in [2.75, 3.05) is 12.4 Å². The highest BCUT2D eigenvalue weighted by molar-refractivity contribution is 6.02. The molecule has 0 aromatic heterocycles. The minimum absolute atomic E-state index is 0.278. The second kappa shape index (κ2) is 5.64. The Morgan fingerprint density at radius 3 is 2.65 bits per heavy atom. The molecule has 0 fully saturated rings. The Balaban J connectivity index is 2.75. The first-order valence-corrected chi connectivity index (χ1v) is 4.73. The number of rotatable bonds is 4. The van der Waals surface area contributed by atoms with Crippen LogP contribution < -0.4 is 5.32 Å². The SMILES string of the molecule is COC(=O)c1cccc(NC(=O)CC(=O)O)c1. The molecule has 0 radical (unpaired) electrons. The molecular formula is C11H11NO5. The predicted molar refractivity (Wildman–Crippen MR) is 58.7 cm³/mol. The van der Waals surface area contributed by atoms with Gasteiger partial charge < -0.3 is 15.2 Å². The van der Waals surface area contributed by atoms with Gasteiger partial charge in [0.1, 0.15) is 6.42 Å². The van der Waals surface area contributed by atoms with Gasteiger partial charge in [-0.25, -0.2) is 4.79 Å². The molecule has 1 aromatic carbocycles. The molecule has 17 heavy (non-hydrogen) atoms. The van der Waals surface area contributed by atoms with Crippen molar-refractivity contribution in [3.63, 3.8) is 0 Å². The predicted octanol–water partition coefficient (Wildman–Crippen LogP) is 0.886.